The molecular weight excluding hydrogens is 435 g/mol. The lowest BCUT2D eigenvalue weighted by molar-refractivity contribution is -0.0532. The normalized spacial score (nSPS) is 11.0. The lowest BCUT2D eigenvalue weighted by Gasteiger charge is -2.07. The van der Waals surface area contributed by atoms with E-state index in [1.807, 2.05) is 0 Å². The van der Waals surface area contributed by atoms with Gasteiger partial charge < -0.3 is 20.5 Å². The standard InChI is InChI=1S/C17H11F5N4O3S/c18-9-5-8(2-3-10(9)28-15(19)20)25-17-26-14(23)13(30-17)12(27)7-1-4-11(24-6-7)29-16(21)22/h1-6,15-16H,23H2,(H,25,26). The summed E-state index contributed by atoms with van der Waals surface area (Å²) in [4.78, 5) is 20.1. The van der Waals surface area contributed by atoms with Gasteiger partial charge in [-0.2, -0.15) is 17.6 Å². The fourth-order valence-electron chi connectivity index (χ4n) is 2.25. The van der Waals surface area contributed by atoms with Crippen LogP contribution < -0.4 is 20.5 Å². The van der Waals surface area contributed by atoms with Gasteiger partial charge >= 0.3 is 13.2 Å². The zero-order valence-electron chi connectivity index (χ0n) is 14.6. The Kier molecular flexibility index (Phi) is 6.30. The molecule has 3 rings (SSSR count). The van der Waals surface area contributed by atoms with Gasteiger partial charge in [0, 0.05) is 29.6 Å². The highest BCUT2D eigenvalue weighted by Gasteiger charge is 2.19. The van der Waals surface area contributed by atoms with Crippen molar-refractivity contribution in [3.8, 4) is 11.6 Å². The van der Waals surface area contributed by atoms with Crippen LogP contribution in [0.2, 0.25) is 0 Å². The Bertz CT molecular complexity index is 1050. The van der Waals surface area contributed by atoms with Crippen LogP contribution in [0.25, 0.3) is 0 Å². The second kappa shape index (κ2) is 8.90. The number of hydrogen-bond acceptors (Lipinski definition) is 8. The highest BCUT2D eigenvalue weighted by atomic mass is 32.1. The van der Waals surface area contributed by atoms with E-state index in [9.17, 15) is 26.7 Å². The number of nitrogen functional groups attached to an aromatic ring is 1. The number of ether oxygens (including phenoxy) is 2. The second-order valence-corrected chi connectivity index (χ2v) is 6.47. The Morgan fingerprint density at radius 3 is 2.43 bits per heavy atom. The highest BCUT2D eigenvalue weighted by Crippen LogP contribution is 2.31. The highest BCUT2D eigenvalue weighted by molar-refractivity contribution is 7.18. The van der Waals surface area contributed by atoms with E-state index >= 15 is 0 Å². The van der Waals surface area contributed by atoms with Crippen LogP contribution >= 0.6 is 11.3 Å². The average Bonchev–Trinajstić information content (AvgIpc) is 3.03. The number of anilines is 3. The van der Waals surface area contributed by atoms with Gasteiger partial charge in [0.2, 0.25) is 11.7 Å². The van der Waals surface area contributed by atoms with Crippen molar-refractivity contribution < 1.29 is 36.2 Å². The van der Waals surface area contributed by atoms with Crippen molar-refractivity contribution >= 4 is 33.8 Å². The number of hydrogen-bond donors (Lipinski definition) is 2. The maximum atomic E-state index is 13.8. The summed E-state index contributed by atoms with van der Waals surface area (Å²) in [6, 6.07) is 5.51. The fourth-order valence-corrected chi connectivity index (χ4v) is 3.12. The Hall–Kier alpha value is -3.48. The summed E-state index contributed by atoms with van der Waals surface area (Å²) in [5.41, 5.74) is 5.96. The average molecular weight is 446 g/mol. The van der Waals surface area contributed by atoms with Crippen LogP contribution in [0.15, 0.2) is 36.5 Å². The maximum Gasteiger partial charge on any atom is 0.388 e. The molecule has 0 atom stereocenters. The Morgan fingerprint density at radius 1 is 1.10 bits per heavy atom. The summed E-state index contributed by atoms with van der Waals surface area (Å²) in [7, 11) is 0. The molecule has 0 saturated heterocycles. The molecule has 0 unspecified atom stereocenters. The van der Waals surface area contributed by atoms with Gasteiger partial charge in [-0.15, -0.1) is 0 Å². The van der Waals surface area contributed by atoms with Crippen LogP contribution in [0.4, 0.5) is 38.6 Å². The first-order chi connectivity index (χ1) is 14.2. The first-order valence-corrected chi connectivity index (χ1v) is 8.78. The molecule has 0 spiro atoms. The SMILES string of the molecule is Nc1nc(Nc2ccc(OC(F)F)c(F)c2)sc1C(=O)c1ccc(OC(F)F)nc1. The zero-order valence-corrected chi connectivity index (χ0v) is 15.4. The van der Waals surface area contributed by atoms with E-state index in [0.717, 1.165) is 35.7 Å². The number of thiazole rings is 1. The van der Waals surface area contributed by atoms with E-state index < -0.39 is 30.6 Å². The van der Waals surface area contributed by atoms with E-state index in [4.69, 9.17) is 5.73 Å². The molecule has 13 heteroatoms. The van der Waals surface area contributed by atoms with Crippen molar-refractivity contribution in [2.45, 2.75) is 13.2 Å². The number of pyridine rings is 1. The van der Waals surface area contributed by atoms with Gasteiger partial charge in [-0.1, -0.05) is 11.3 Å². The van der Waals surface area contributed by atoms with Gasteiger partial charge in [0.1, 0.15) is 10.7 Å². The number of ketones is 1. The zero-order chi connectivity index (χ0) is 21.8. The molecule has 0 fully saturated rings. The molecule has 30 heavy (non-hydrogen) atoms. The first kappa shape index (κ1) is 21.2. The van der Waals surface area contributed by atoms with Gasteiger partial charge in [-0.25, -0.2) is 14.4 Å². The topological polar surface area (TPSA) is 99.4 Å². The Balaban J connectivity index is 1.75. The Labute approximate surface area is 169 Å². The predicted octanol–water partition coefficient (Wildman–Crippen LogP) is 4.44. The smallest absolute Gasteiger partial charge is 0.388 e. The van der Waals surface area contributed by atoms with Gasteiger partial charge in [0.15, 0.2) is 16.7 Å². The molecule has 3 N–H and O–H groups in total. The summed E-state index contributed by atoms with van der Waals surface area (Å²) in [6.07, 6.45) is 1.05. The molecule has 0 aliphatic rings. The number of benzene rings is 1. The lowest BCUT2D eigenvalue weighted by Crippen LogP contribution is -2.06. The van der Waals surface area contributed by atoms with E-state index in [2.05, 4.69) is 24.8 Å². The number of carbonyl (C=O) groups is 1. The number of nitrogens with two attached hydrogens (primary N) is 1. The van der Waals surface area contributed by atoms with Crippen molar-refractivity contribution in [2.75, 3.05) is 11.1 Å². The molecule has 7 nitrogen and oxygen atoms in total. The van der Waals surface area contributed by atoms with Crippen LogP contribution in [0.3, 0.4) is 0 Å². The Morgan fingerprint density at radius 2 is 1.83 bits per heavy atom. The van der Waals surface area contributed by atoms with Crippen LogP contribution in [0.1, 0.15) is 15.2 Å². The molecule has 1 aromatic carbocycles. The third-order valence-corrected chi connectivity index (χ3v) is 4.45. The summed E-state index contributed by atoms with van der Waals surface area (Å²) >= 11 is 0.843. The predicted molar refractivity (Wildman–Crippen MR) is 97.1 cm³/mol. The molecular formula is C17H11F5N4O3S. The number of aromatic nitrogens is 2. The monoisotopic (exact) mass is 446 g/mol. The summed E-state index contributed by atoms with van der Waals surface area (Å²) in [5, 5.41) is 2.82. The minimum atomic E-state index is -3.17. The van der Waals surface area contributed by atoms with E-state index in [1.54, 1.807) is 0 Å². The summed E-state index contributed by atoms with van der Waals surface area (Å²) in [6.45, 7) is -6.22. The van der Waals surface area contributed by atoms with Crippen LogP contribution in [-0.2, 0) is 0 Å². The van der Waals surface area contributed by atoms with Gasteiger partial charge in [0.05, 0.1) is 0 Å². The van der Waals surface area contributed by atoms with Crippen molar-refractivity contribution in [3.63, 3.8) is 0 Å². The van der Waals surface area contributed by atoms with Gasteiger partial charge in [-0.05, 0) is 18.2 Å². The summed E-state index contributed by atoms with van der Waals surface area (Å²) < 4.78 is 70.6. The van der Waals surface area contributed by atoms with Crippen LogP contribution in [0, 0.1) is 5.82 Å². The largest absolute Gasteiger partial charge is 0.432 e. The number of nitrogens with zero attached hydrogens (tertiary/aromatic N) is 2. The van der Waals surface area contributed by atoms with Crippen molar-refractivity contribution in [2.24, 2.45) is 0 Å². The number of rotatable bonds is 8. The minimum absolute atomic E-state index is 0.0277. The van der Waals surface area contributed by atoms with E-state index in [0.29, 0.717) is 0 Å². The molecule has 0 aliphatic carbocycles. The molecule has 2 heterocycles. The third-order valence-electron chi connectivity index (χ3n) is 3.47. The fraction of sp³-hybridized carbons (Fsp3) is 0.118. The lowest BCUT2D eigenvalue weighted by atomic mass is 10.1. The van der Waals surface area contributed by atoms with E-state index in [-0.39, 0.29) is 33.0 Å². The van der Waals surface area contributed by atoms with Crippen molar-refractivity contribution in [1.82, 2.24) is 9.97 Å². The first-order valence-electron chi connectivity index (χ1n) is 7.96. The second-order valence-electron chi connectivity index (χ2n) is 5.47. The van der Waals surface area contributed by atoms with Crippen molar-refractivity contribution in [3.05, 3.63) is 52.8 Å². The molecule has 158 valence electrons. The molecule has 0 bridgehead atoms. The molecule has 0 radical (unpaired) electrons. The summed E-state index contributed by atoms with van der Waals surface area (Å²) in [5.74, 6) is -2.71. The van der Waals surface area contributed by atoms with Crippen molar-refractivity contribution in [1.29, 1.82) is 0 Å². The third kappa shape index (κ3) is 5.11. The molecule has 2 aromatic heterocycles. The quantitative estimate of drug-likeness (QED) is 0.390. The van der Waals surface area contributed by atoms with Crippen LogP contribution in [0.5, 0.6) is 11.6 Å². The molecule has 0 saturated carbocycles. The number of nitrogens with one attached hydrogen (secondary N) is 1. The van der Waals surface area contributed by atoms with E-state index in [1.165, 1.54) is 12.1 Å². The van der Waals surface area contributed by atoms with Gasteiger partial charge in [0.25, 0.3) is 0 Å². The number of alkyl halides is 4. The molecule has 3 aromatic rings. The maximum absolute atomic E-state index is 13.8. The van der Waals surface area contributed by atoms with Crippen LogP contribution in [-0.4, -0.2) is 29.0 Å². The molecule has 0 amide bonds. The van der Waals surface area contributed by atoms with Gasteiger partial charge in [-0.3, -0.25) is 4.79 Å². The minimum Gasteiger partial charge on any atom is -0.432 e. The number of halogens is 5. The number of carbonyl (C=O) groups excluding carboxylic acids is 1. The molecule has 0 aliphatic heterocycles.